The number of carbonyl (C=O) groups excluding carboxylic acids is 1. The van der Waals surface area contributed by atoms with Gasteiger partial charge in [0.2, 0.25) is 0 Å². The molecule has 0 aliphatic heterocycles. The van der Waals surface area contributed by atoms with Gasteiger partial charge in [0.1, 0.15) is 0 Å². The molecule has 1 heterocycles. The van der Waals surface area contributed by atoms with E-state index in [4.69, 9.17) is 0 Å². The monoisotopic (exact) mass is 315 g/mol. The second kappa shape index (κ2) is 5.27. The van der Waals surface area contributed by atoms with E-state index in [0.717, 1.165) is 10.9 Å². The Kier molecular flexibility index (Phi) is 3.42. The first kappa shape index (κ1) is 14.3. The average molecular weight is 315 g/mol. The molecular formula is C15H13N3O3S. The molecule has 2 aromatic carbocycles. The summed E-state index contributed by atoms with van der Waals surface area (Å²) in [5, 5.41) is 7.50. The van der Waals surface area contributed by atoms with Crippen molar-refractivity contribution in [3.8, 4) is 0 Å². The van der Waals surface area contributed by atoms with E-state index in [1.165, 1.54) is 31.2 Å². The van der Waals surface area contributed by atoms with Crippen molar-refractivity contribution >= 4 is 32.4 Å². The molecule has 112 valence electrons. The lowest BCUT2D eigenvalue weighted by Gasteiger charge is -2.08. The third-order valence-corrected chi connectivity index (χ3v) is 4.66. The summed E-state index contributed by atoms with van der Waals surface area (Å²) in [6.45, 7) is 1.43. The first-order valence-corrected chi connectivity index (χ1v) is 8.01. The molecule has 0 atom stereocenters. The molecule has 0 saturated heterocycles. The fourth-order valence-corrected chi connectivity index (χ4v) is 3.14. The van der Waals surface area contributed by atoms with E-state index in [0.29, 0.717) is 11.3 Å². The van der Waals surface area contributed by atoms with E-state index in [1.807, 2.05) is 0 Å². The van der Waals surface area contributed by atoms with Gasteiger partial charge in [-0.25, -0.2) is 8.42 Å². The summed E-state index contributed by atoms with van der Waals surface area (Å²) in [7, 11) is -3.70. The fraction of sp³-hybridized carbons (Fsp3) is 0.0667. The summed E-state index contributed by atoms with van der Waals surface area (Å²) in [5.74, 6) is -0.109. The molecule has 0 amide bonds. The number of H-pyrrole nitrogens is 1. The van der Waals surface area contributed by atoms with E-state index in [1.54, 1.807) is 24.4 Å². The maximum atomic E-state index is 12.3. The molecule has 7 heteroatoms. The Morgan fingerprint density at radius 1 is 1.14 bits per heavy atom. The largest absolute Gasteiger partial charge is 0.295 e. The van der Waals surface area contributed by atoms with Crippen molar-refractivity contribution in [3.63, 3.8) is 0 Å². The third-order valence-electron chi connectivity index (χ3n) is 3.26. The standard InChI is InChI=1S/C15H13N3O3S/c1-10(19)11-2-5-14(6-3-11)22(20,21)18-13-4-7-15-12(8-13)9-16-17-15/h2-9,18H,1H3,(H,16,17). The van der Waals surface area contributed by atoms with Crippen LogP contribution in [0.2, 0.25) is 0 Å². The highest BCUT2D eigenvalue weighted by molar-refractivity contribution is 7.92. The average Bonchev–Trinajstić information content (AvgIpc) is 2.94. The van der Waals surface area contributed by atoms with Gasteiger partial charge in [0.15, 0.2) is 5.78 Å². The number of ketones is 1. The number of hydrogen-bond donors (Lipinski definition) is 2. The smallest absolute Gasteiger partial charge is 0.261 e. The Morgan fingerprint density at radius 2 is 1.86 bits per heavy atom. The van der Waals surface area contributed by atoms with Crippen molar-refractivity contribution in [1.29, 1.82) is 0 Å². The lowest BCUT2D eigenvalue weighted by Crippen LogP contribution is -2.13. The first-order valence-electron chi connectivity index (χ1n) is 6.53. The number of aromatic amines is 1. The maximum absolute atomic E-state index is 12.3. The van der Waals surface area contributed by atoms with Gasteiger partial charge in [-0.05, 0) is 37.3 Å². The summed E-state index contributed by atoms with van der Waals surface area (Å²) >= 11 is 0. The molecule has 0 aliphatic carbocycles. The van der Waals surface area contributed by atoms with E-state index >= 15 is 0 Å². The molecule has 3 aromatic rings. The van der Waals surface area contributed by atoms with Gasteiger partial charge in [-0.15, -0.1) is 0 Å². The topological polar surface area (TPSA) is 91.9 Å². The Balaban J connectivity index is 1.90. The second-order valence-corrected chi connectivity index (χ2v) is 6.54. The number of nitrogens with zero attached hydrogens (tertiary/aromatic N) is 1. The van der Waals surface area contributed by atoms with E-state index < -0.39 is 10.0 Å². The summed E-state index contributed by atoms with van der Waals surface area (Å²) in [5.41, 5.74) is 1.75. The minimum Gasteiger partial charge on any atom is -0.295 e. The number of Topliss-reactive ketones (excluding diaryl/α,β-unsaturated/α-hetero) is 1. The number of anilines is 1. The van der Waals surface area contributed by atoms with Gasteiger partial charge in [-0.1, -0.05) is 12.1 Å². The Hall–Kier alpha value is -2.67. The zero-order valence-electron chi connectivity index (χ0n) is 11.7. The van der Waals surface area contributed by atoms with Crippen LogP contribution in [0, 0.1) is 0 Å². The zero-order valence-corrected chi connectivity index (χ0v) is 12.5. The van der Waals surface area contributed by atoms with Crippen LogP contribution >= 0.6 is 0 Å². The van der Waals surface area contributed by atoms with Crippen LogP contribution in [0.15, 0.2) is 53.6 Å². The van der Waals surface area contributed by atoms with Crippen LogP contribution in [0.1, 0.15) is 17.3 Å². The predicted molar refractivity (Wildman–Crippen MR) is 83.3 cm³/mol. The highest BCUT2D eigenvalue weighted by Crippen LogP contribution is 2.20. The second-order valence-electron chi connectivity index (χ2n) is 4.86. The molecule has 1 aromatic heterocycles. The molecular weight excluding hydrogens is 302 g/mol. The number of nitrogens with one attached hydrogen (secondary N) is 2. The molecule has 0 unspecified atom stereocenters. The Labute approximate surface area is 127 Å². The lowest BCUT2D eigenvalue weighted by molar-refractivity contribution is 0.101. The Morgan fingerprint density at radius 3 is 2.55 bits per heavy atom. The van der Waals surface area contributed by atoms with Crippen LogP contribution in [0.25, 0.3) is 10.9 Å². The van der Waals surface area contributed by atoms with Crippen molar-refractivity contribution in [2.45, 2.75) is 11.8 Å². The number of carbonyl (C=O) groups is 1. The van der Waals surface area contributed by atoms with Gasteiger partial charge >= 0.3 is 0 Å². The summed E-state index contributed by atoms with van der Waals surface area (Å²) < 4.78 is 27.2. The normalized spacial score (nSPS) is 11.5. The van der Waals surface area contributed by atoms with Crippen molar-refractivity contribution in [1.82, 2.24) is 10.2 Å². The molecule has 0 aliphatic rings. The van der Waals surface area contributed by atoms with Crippen LogP contribution in [-0.4, -0.2) is 24.4 Å². The maximum Gasteiger partial charge on any atom is 0.261 e. The quantitative estimate of drug-likeness (QED) is 0.724. The van der Waals surface area contributed by atoms with Crippen LogP contribution < -0.4 is 4.72 Å². The number of benzene rings is 2. The molecule has 22 heavy (non-hydrogen) atoms. The van der Waals surface area contributed by atoms with Crippen molar-refractivity contribution in [2.24, 2.45) is 0 Å². The number of aromatic nitrogens is 2. The molecule has 0 fully saturated rings. The van der Waals surface area contributed by atoms with Crippen LogP contribution in [0.3, 0.4) is 0 Å². The minimum atomic E-state index is -3.70. The first-order chi connectivity index (χ1) is 10.5. The fourth-order valence-electron chi connectivity index (χ4n) is 2.09. The van der Waals surface area contributed by atoms with Gasteiger partial charge in [-0.3, -0.25) is 14.6 Å². The molecule has 0 bridgehead atoms. The Bertz CT molecular complexity index is 944. The van der Waals surface area contributed by atoms with E-state index in [-0.39, 0.29) is 10.7 Å². The third kappa shape index (κ3) is 2.71. The van der Waals surface area contributed by atoms with E-state index in [2.05, 4.69) is 14.9 Å². The summed E-state index contributed by atoms with van der Waals surface area (Å²) in [6, 6.07) is 10.9. The van der Waals surface area contributed by atoms with Crippen LogP contribution in [0.5, 0.6) is 0 Å². The highest BCUT2D eigenvalue weighted by atomic mass is 32.2. The van der Waals surface area contributed by atoms with Gasteiger partial charge in [0.05, 0.1) is 16.6 Å². The van der Waals surface area contributed by atoms with Crippen molar-refractivity contribution in [2.75, 3.05) is 4.72 Å². The minimum absolute atomic E-state index is 0.102. The number of fused-ring (bicyclic) bond motifs is 1. The van der Waals surface area contributed by atoms with Gasteiger partial charge in [-0.2, -0.15) is 5.10 Å². The van der Waals surface area contributed by atoms with Gasteiger partial charge < -0.3 is 0 Å². The molecule has 2 N–H and O–H groups in total. The van der Waals surface area contributed by atoms with Crippen LogP contribution in [0.4, 0.5) is 5.69 Å². The number of hydrogen-bond acceptors (Lipinski definition) is 4. The SMILES string of the molecule is CC(=O)c1ccc(S(=O)(=O)Nc2ccc3[nH]ncc3c2)cc1. The van der Waals surface area contributed by atoms with Crippen LogP contribution in [-0.2, 0) is 10.0 Å². The summed E-state index contributed by atoms with van der Waals surface area (Å²) in [4.78, 5) is 11.3. The molecule has 6 nitrogen and oxygen atoms in total. The highest BCUT2D eigenvalue weighted by Gasteiger charge is 2.15. The van der Waals surface area contributed by atoms with Gasteiger partial charge in [0.25, 0.3) is 10.0 Å². The predicted octanol–water partition coefficient (Wildman–Crippen LogP) is 2.57. The van der Waals surface area contributed by atoms with E-state index in [9.17, 15) is 13.2 Å². The molecule has 0 saturated carbocycles. The molecule has 0 radical (unpaired) electrons. The van der Waals surface area contributed by atoms with Crippen molar-refractivity contribution < 1.29 is 13.2 Å². The number of rotatable bonds is 4. The van der Waals surface area contributed by atoms with Crippen molar-refractivity contribution in [3.05, 3.63) is 54.2 Å². The summed E-state index contributed by atoms with van der Waals surface area (Å²) in [6.07, 6.45) is 1.62. The zero-order chi connectivity index (χ0) is 15.7. The lowest BCUT2D eigenvalue weighted by atomic mass is 10.2. The molecule has 0 spiro atoms. The van der Waals surface area contributed by atoms with Gasteiger partial charge in [0, 0.05) is 16.6 Å². The molecule has 3 rings (SSSR count). The number of sulfonamides is 1.